The number of unbranched alkanes of at least 4 members (excludes halogenated alkanes) is 2. The SMILES string of the molecule is C=CCOC(=O)c1sc(N2C(=O)c3oc4ccccc4c(=O)c3C2c2ccc(OCCCCC)c(OCC)c2)nc1C. The maximum Gasteiger partial charge on any atom is 0.350 e. The van der Waals surface area contributed by atoms with Gasteiger partial charge in [-0.25, -0.2) is 9.78 Å². The predicted molar refractivity (Wildman–Crippen MR) is 161 cm³/mol. The minimum Gasteiger partial charge on any atom is -0.490 e. The smallest absolute Gasteiger partial charge is 0.350 e. The lowest BCUT2D eigenvalue weighted by Crippen LogP contribution is -2.29. The molecule has 42 heavy (non-hydrogen) atoms. The lowest BCUT2D eigenvalue weighted by Gasteiger charge is -2.23. The largest absolute Gasteiger partial charge is 0.490 e. The van der Waals surface area contributed by atoms with E-state index in [0.29, 0.717) is 46.9 Å². The Labute approximate surface area is 247 Å². The van der Waals surface area contributed by atoms with Gasteiger partial charge in [-0.15, -0.1) is 0 Å². The fourth-order valence-electron chi connectivity index (χ4n) is 4.92. The van der Waals surface area contributed by atoms with Crippen LogP contribution in [0.25, 0.3) is 11.0 Å². The van der Waals surface area contributed by atoms with Crippen LogP contribution in [-0.4, -0.2) is 36.7 Å². The van der Waals surface area contributed by atoms with E-state index >= 15 is 0 Å². The predicted octanol–water partition coefficient (Wildman–Crippen LogP) is 6.62. The molecule has 0 aliphatic carbocycles. The number of thiazole rings is 1. The Kier molecular flexibility index (Phi) is 8.72. The van der Waals surface area contributed by atoms with Gasteiger partial charge in [-0.05, 0) is 50.1 Å². The highest BCUT2D eigenvalue weighted by Gasteiger charge is 2.45. The Morgan fingerprint density at radius 2 is 1.93 bits per heavy atom. The summed E-state index contributed by atoms with van der Waals surface area (Å²) in [5.41, 5.74) is 1.20. The number of rotatable bonds is 12. The average molecular weight is 589 g/mol. The van der Waals surface area contributed by atoms with Crippen molar-refractivity contribution in [3.8, 4) is 11.5 Å². The van der Waals surface area contributed by atoms with E-state index in [1.54, 1.807) is 43.3 Å². The van der Waals surface area contributed by atoms with Crippen LogP contribution in [-0.2, 0) is 4.74 Å². The van der Waals surface area contributed by atoms with Crippen molar-refractivity contribution in [1.82, 2.24) is 4.98 Å². The average Bonchev–Trinajstić information content (AvgIpc) is 3.52. The van der Waals surface area contributed by atoms with Crippen molar-refractivity contribution >= 4 is 39.3 Å². The van der Waals surface area contributed by atoms with E-state index in [2.05, 4.69) is 18.5 Å². The molecule has 1 amide bonds. The summed E-state index contributed by atoms with van der Waals surface area (Å²) in [7, 11) is 0. The van der Waals surface area contributed by atoms with E-state index < -0.39 is 17.9 Å². The summed E-state index contributed by atoms with van der Waals surface area (Å²) in [5, 5.41) is 0.599. The third-order valence-corrected chi connectivity index (χ3v) is 8.01. The molecule has 218 valence electrons. The van der Waals surface area contributed by atoms with E-state index in [9.17, 15) is 14.4 Å². The molecule has 1 atom stereocenters. The lowest BCUT2D eigenvalue weighted by molar-refractivity contribution is 0.0554. The molecule has 1 unspecified atom stereocenters. The van der Waals surface area contributed by atoms with Crippen LogP contribution in [0.1, 0.15) is 76.2 Å². The number of nitrogens with zero attached hydrogens (tertiary/aromatic N) is 2. The highest BCUT2D eigenvalue weighted by atomic mass is 32.1. The summed E-state index contributed by atoms with van der Waals surface area (Å²) >= 11 is 1.02. The molecular weight excluding hydrogens is 556 g/mol. The second kappa shape index (κ2) is 12.6. The molecule has 3 heterocycles. The number of hydrogen-bond acceptors (Lipinski definition) is 9. The standard InChI is InChI=1S/C32H32N2O7S/c1-5-8-11-17-39-23-15-14-20(18-24(23)38-7-3)26-25-27(35)21-12-9-10-13-22(21)41-28(25)30(36)34(26)32-33-19(4)29(42-32)31(37)40-16-6-2/h6,9-10,12-15,18,26H,2,5,7-8,11,16-17H2,1,3-4H3. The van der Waals surface area contributed by atoms with Crippen LogP contribution in [0.2, 0.25) is 0 Å². The number of aromatic nitrogens is 1. The molecule has 4 aromatic rings. The maximum absolute atomic E-state index is 14.0. The topological polar surface area (TPSA) is 108 Å². The molecule has 0 saturated heterocycles. The van der Waals surface area contributed by atoms with Crippen molar-refractivity contribution in [3.63, 3.8) is 0 Å². The first-order chi connectivity index (χ1) is 20.4. The number of aryl methyl sites for hydroxylation is 1. The van der Waals surface area contributed by atoms with Crippen LogP contribution >= 0.6 is 11.3 Å². The van der Waals surface area contributed by atoms with E-state index in [-0.39, 0.29) is 33.4 Å². The Morgan fingerprint density at radius 3 is 2.69 bits per heavy atom. The van der Waals surface area contributed by atoms with Gasteiger partial charge in [-0.2, -0.15) is 0 Å². The molecule has 0 saturated carbocycles. The van der Waals surface area contributed by atoms with Gasteiger partial charge in [0.1, 0.15) is 17.1 Å². The highest BCUT2D eigenvalue weighted by Crippen LogP contribution is 2.45. The van der Waals surface area contributed by atoms with Crippen molar-refractivity contribution in [3.05, 3.63) is 92.8 Å². The number of fused-ring (bicyclic) bond motifs is 2. The molecule has 9 nitrogen and oxygen atoms in total. The number of carbonyl (C=O) groups is 2. The van der Waals surface area contributed by atoms with Crippen LogP contribution in [0.5, 0.6) is 11.5 Å². The van der Waals surface area contributed by atoms with Crippen molar-refractivity contribution in [2.45, 2.75) is 46.1 Å². The number of esters is 1. The molecule has 0 bridgehead atoms. The summed E-state index contributed by atoms with van der Waals surface area (Å²) in [6, 6.07) is 11.3. The van der Waals surface area contributed by atoms with E-state index in [0.717, 1.165) is 30.6 Å². The zero-order chi connectivity index (χ0) is 29.8. The van der Waals surface area contributed by atoms with Crippen molar-refractivity contribution < 1.29 is 28.2 Å². The Hall–Kier alpha value is -4.44. The molecule has 0 spiro atoms. The first-order valence-corrected chi connectivity index (χ1v) is 14.7. The van der Waals surface area contributed by atoms with Gasteiger partial charge < -0.3 is 18.6 Å². The molecule has 5 rings (SSSR count). The van der Waals surface area contributed by atoms with Crippen molar-refractivity contribution in [1.29, 1.82) is 0 Å². The Morgan fingerprint density at radius 1 is 1.12 bits per heavy atom. The first kappa shape index (κ1) is 29.1. The van der Waals surface area contributed by atoms with Gasteiger partial charge in [0.25, 0.3) is 5.91 Å². The second-order valence-electron chi connectivity index (χ2n) is 9.74. The van der Waals surface area contributed by atoms with Crippen molar-refractivity contribution in [2.24, 2.45) is 0 Å². The van der Waals surface area contributed by atoms with Gasteiger partial charge in [0.2, 0.25) is 5.76 Å². The third-order valence-electron chi connectivity index (χ3n) is 6.88. The summed E-state index contributed by atoms with van der Waals surface area (Å²) < 4.78 is 23.2. The fraction of sp³-hybridized carbons (Fsp3) is 0.312. The highest BCUT2D eigenvalue weighted by molar-refractivity contribution is 7.17. The molecule has 1 aliphatic rings. The molecule has 1 aliphatic heterocycles. The monoisotopic (exact) mass is 588 g/mol. The Bertz CT molecular complexity index is 1710. The first-order valence-electron chi connectivity index (χ1n) is 13.9. The number of hydrogen-bond donors (Lipinski definition) is 0. The maximum atomic E-state index is 14.0. The molecule has 0 fully saturated rings. The molecular formula is C32H32N2O7S. The number of benzene rings is 2. The van der Waals surface area contributed by atoms with Gasteiger partial charge in [0.05, 0.1) is 35.9 Å². The number of anilines is 1. The third kappa shape index (κ3) is 5.42. The number of ether oxygens (including phenoxy) is 3. The minimum absolute atomic E-state index is 0.0420. The normalized spacial score (nSPS) is 14.2. The van der Waals surface area contributed by atoms with Gasteiger partial charge in [0.15, 0.2) is 22.1 Å². The fourth-order valence-corrected chi connectivity index (χ4v) is 5.91. The summed E-state index contributed by atoms with van der Waals surface area (Å²) in [4.78, 5) is 46.8. The van der Waals surface area contributed by atoms with Gasteiger partial charge >= 0.3 is 5.97 Å². The summed E-state index contributed by atoms with van der Waals surface area (Å²) in [5.74, 6) is -0.0853. The van der Waals surface area contributed by atoms with Gasteiger partial charge in [0, 0.05) is 0 Å². The van der Waals surface area contributed by atoms with Crippen LogP contribution < -0.4 is 19.8 Å². The summed E-state index contributed by atoms with van der Waals surface area (Å²) in [6.45, 7) is 10.2. The minimum atomic E-state index is -0.885. The second-order valence-corrected chi connectivity index (χ2v) is 10.7. The van der Waals surface area contributed by atoms with Crippen LogP contribution in [0.15, 0.2) is 64.3 Å². The van der Waals surface area contributed by atoms with E-state index in [4.69, 9.17) is 18.6 Å². The Balaban J connectivity index is 1.65. The molecule has 10 heteroatoms. The molecule has 2 aromatic heterocycles. The molecule has 0 radical (unpaired) electrons. The van der Waals surface area contributed by atoms with E-state index in [1.807, 2.05) is 13.0 Å². The van der Waals surface area contributed by atoms with Gasteiger partial charge in [-0.3, -0.25) is 14.5 Å². The molecule has 0 N–H and O–H groups in total. The zero-order valence-electron chi connectivity index (χ0n) is 23.8. The van der Waals surface area contributed by atoms with E-state index in [1.165, 1.54) is 11.0 Å². The number of amides is 1. The zero-order valence-corrected chi connectivity index (χ0v) is 24.6. The van der Waals surface area contributed by atoms with Crippen LogP contribution in [0, 0.1) is 6.92 Å². The van der Waals surface area contributed by atoms with Crippen LogP contribution in [0.3, 0.4) is 0 Å². The number of carbonyl (C=O) groups excluding carboxylic acids is 2. The van der Waals surface area contributed by atoms with Crippen LogP contribution in [0.4, 0.5) is 5.13 Å². The number of para-hydroxylation sites is 1. The summed E-state index contributed by atoms with van der Waals surface area (Å²) in [6.07, 6.45) is 4.52. The van der Waals surface area contributed by atoms with Gasteiger partial charge in [-0.1, -0.05) is 62.0 Å². The van der Waals surface area contributed by atoms with Crippen molar-refractivity contribution in [2.75, 3.05) is 24.7 Å². The lowest BCUT2D eigenvalue weighted by atomic mass is 9.98. The molecule has 2 aromatic carbocycles. The quantitative estimate of drug-likeness (QED) is 0.103.